The van der Waals surface area contributed by atoms with Crippen LogP contribution in [-0.4, -0.2) is 8.07 Å². The van der Waals surface area contributed by atoms with Gasteiger partial charge in [0, 0.05) is 0 Å². The Morgan fingerprint density at radius 1 is 1.23 bits per heavy atom. The number of hydrogen-bond acceptors (Lipinski definition) is 0. The summed E-state index contributed by atoms with van der Waals surface area (Å²) in [5.74, 6) is 0. The Morgan fingerprint density at radius 3 is 2.08 bits per heavy atom. The molecule has 0 atom stereocenters. The molecule has 1 aromatic carbocycles. The molecule has 0 heterocycles. The minimum absolute atomic E-state index is 0. The maximum atomic E-state index is 3.95. The van der Waals surface area contributed by atoms with Gasteiger partial charge in [0.1, 0.15) is 0 Å². The molecule has 0 radical (unpaired) electrons. The summed E-state index contributed by atoms with van der Waals surface area (Å²) in [4.78, 5) is 0. The Morgan fingerprint density at radius 2 is 1.69 bits per heavy atom. The monoisotopic (exact) mass is 238 g/mol. The summed E-state index contributed by atoms with van der Waals surface area (Å²) in [6, 6.07) is 10.5. The third-order valence-electron chi connectivity index (χ3n) is 2.38. The Balaban J connectivity index is 0.00000144. The summed E-state index contributed by atoms with van der Waals surface area (Å²) in [5, 5.41) is 2.50. The van der Waals surface area contributed by atoms with E-state index in [2.05, 4.69) is 50.9 Å². The van der Waals surface area contributed by atoms with Gasteiger partial charge in [-0.1, -0.05) is 48.6 Å². The molecule has 0 spiro atoms. The topological polar surface area (TPSA) is 0 Å². The largest absolute Gasteiger partial charge is 1.00 e. The van der Waals surface area contributed by atoms with Gasteiger partial charge in [-0.2, -0.15) is 0 Å². The van der Waals surface area contributed by atoms with Crippen molar-refractivity contribution < 1.29 is 17.1 Å². The minimum Gasteiger partial charge on any atom is -0.245 e. The average Bonchev–Trinajstić information content (AvgIpc) is 2.06. The van der Waals surface area contributed by atoms with E-state index in [0.717, 1.165) is 5.20 Å². The van der Waals surface area contributed by atoms with Gasteiger partial charge in [0.2, 0.25) is 0 Å². The molecule has 0 fully saturated rings. The maximum absolute atomic E-state index is 3.95. The molecule has 0 aliphatic rings. The predicted octanol–water partition coefficient (Wildman–Crippen LogP) is 2.53. The van der Waals surface area contributed by atoms with Gasteiger partial charge >= 0.3 is 17.1 Å². The van der Waals surface area contributed by atoms with Crippen LogP contribution >= 0.6 is 0 Å². The van der Waals surface area contributed by atoms with Crippen LogP contribution in [0.1, 0.15) is 0 Å². The molecule has 0 unspecified atom stereocenters. The van der Waals surface area contributed by atoms with Crippen LogP contribution in [0.15, 0.2) is 42.1 Å². The van der Waals surface area contributed by atoms with E-state index >= 15 is 0 Å². The third-order valence-corrected chi connectivity index (χ3v) is 5.92. The molecule has 0 aliphatic heterocycles. The van der Waals surface area contributed by atoms with Gasteiger partial charge in [-0.05, 0) is 0 Å². The zero-order chi connectivity index (χ0) is 9.19. The number of benzene rings is 1. The van der Waals surface area contributed by atoms with Gasteiger partial charge in [0.15, 0.2) is 0 Å². The molecule has 0 bridgehead atoms. The summed E-state index contributed by atoms with van der Waals surface area (Å²) < 4.78 is 0. The van der Waals surface area contributed by atoms with E-state index < -0.39 is 8.07 Å². The molecule has 0 N–H and O–H groups in total. The van der Waals surface area contributed by atoms with Crippen molar-refractivity contribution in [1.82, 2.24) is 0 Å². The first-order valence-electron chi connectivity index (χ1n) is 4.12. The second-order valence-electron chi connectivity index (χ2n) is 3.59. The molecule has 0 aromatic heterocycles. The van der Waals surface area contributed by atoms with Crippen LogP contribution in [0.2, 0.25) is 13.1 Å². The van der Waals surface area contributed by atoms with Crippen LogP contribution < -0.4 is 5.19 Å². The summed E-state index contributed by atoms with van der Waals surface area (Å²) in [5.41, 5.74) is 0. The fourth-order valence-electron chi connectivity index (χ4n) is 1.06. The summed E-state index contributed by atoms with van der Waals surface area (Å²) in [7, 11) is -1.46. The summed E-state index contributed by atoms with van der Waals surface area (Å²) in [6.07, 6.45) is 0. The molecular weight excluding hydrogens is 224 g/mol. The van der Waals surface area contributed by atoms with Crippen LogP contribution in [0.4, 0.5) is 0 Å². The quantitative estimate of drug-likeness (QED) is 0.549. The van der Waals surface area contributed by atoms with Crippen molar-refractivity contribution in [2.45, 2.75) is 13.1 Å². The second-order valence-corrected chi connectivity index (χ2v) is 8.13. The second kappa shape index (κ2) is 4.71. The number of hydrogen-bond donors (Lipinski definition) is 0. The van der Waals surface area contributed by atoms with E-state index in [0.29, 0.717) is 0 Å². The van der Waals surface area contributed by atoms with Gasteiger partial charge in [-0.3, -0.25) is 0 Å². The SMILES string of the molecule is C=C([CH2-])[Si](C)(C)c1ccccc1.[Cu+]. The van der Waals surface area contributed by atoms with Gasteiger partial charge < -0.3 is 0 Å². The molecule has 74 valence electrons. The van der Waals surface area contributed by atoms with Crippen LogP contribution in [0.25, 0.3) is 0 Å². The van der Waals surface area contributed by atoms with Crippen molar-refractivity contribution in [2.24, 2.45) is 0 Å². The molecular formula is C11H15CuSi. The predicted molar refractivity (Wildman–Crippen MR) is 58.1 cm³/mol. The van der Waals surface area contributed by atoms with Crippen molar-refractivity contribution in [1.29, 1.82) is 0 Å². The van der Waals surface area contributed by atoms with Crippen molar-refractivity contribution >= 4 is 13.3 Å². The van der Waals surface area contributed by atoms with Crippen LogP contribution in [0, 0.1) is 6.92 Å². The fraction of sp³-hybridized carbons (Fsp3) is 0.182. The molecule has 1 aromatic rings. The smallest absolute Gasteiger partial charge is 0.245 e. The standard InChI is InChI=1S/C11H15Si.Cu/c1-10(2)12(3,4)11-8-6-5-7-9-11;/h5-9H,1-2H2,3-4H3;/q-1;+1. The van der Waals surface area contributed by atoms with Crippen molar-refractivity contribution in [3.05, 3.63) is 49.0 Å². The maximum Gasteiger partial charge on any atom is 1.00 e. The normalized spacial score (nSPS) is 10.3. The Bertz CT molecular complexity index is 277. The van der Waals surface area contributed by atoms with E-state index in [9.17, 15) is 0 Å². The van der Waals surface area contributed by atoms with Crippen LogP contribution in [0.5, 0.6) is 0 Å². The van der Waals surface area contributed by atoms with Crippen molar-refractivity contribution in [3.63, 3.8) is 0 Å². The van der Waals surface area contributed by atoms with Crippen molar-refractivity contribution in [3.8, 4) is 0 Å². The average molecular weight is 239 g/mol. The summed E-state index contributed by atoms with van der Waals surface area (Å²) in [6.45, 7) is 12.5. The third kappa shape index (κ3) is 2.76. The van der Waals surface area contributed by atoms with E-state index in [-0.39, 0.29) is 17.1 Å². The first-order chi connectivity index (χ1) is 5.55. The first kappa shape index (κ1) is 12.6. The molecule has 1 rings (SSSR count). The zero-order valence-electron chi connectivity index (χ0n) is 8.10. The zero-order valence-corrected chi connectivity index (χ0v) is 10.0. The molecule has 0 saturated carbocycles. The molecule has 0 saturated heterocycles. The molecule has 0 aliphatic carbocycles. The Kier molecular flexibility index (Phi) is 4.55. The van der Waals surface area contributed by atoms with Gasteiger partial charge in [0.25, 0.3) is 0 Å². The van der Waals surface area contributed by atoms with Crippen molar-refractivity contribution in [2.75, 3.05) is 0 Å². The first-order valence-corrected chi connectivity index (χ1v) is 7.12. The van der Waals surface area contributed by atoms with E-state index in [1.807, 2.05) is 6.07 Å². The van der Waals surface area contributed by atoms with E-state index in [1.54, 1.807) is 0 Å². The molecule has 2 heteroatoms. The fourth-order valence-corrected chi connectivity index (χ4v) is 2.49. The summed E-state index contributed by atoms with van der Waals surface area (Å²) >= 11 is 0. The van der Waals surface area contributed by atoms with E-state index in [1.165, 1.54) is 5.19 Å². The number of rotatable bonds is 2. The van der Waals surface area contributed by atoms with Crippen LogP contribution in [0.3, 0.4) is 0 Å². The number of allylic oxidation sites excluding steroid dienone is 1. The van der Waals surface area contributed by atoms with Gasteiger partial charge in [-0.15, -0.1) is 0 Å². The molecule has 13 heavy (non-hydrogen) atoms. The van der Waals surface area contributed by atoms with E-state index in [4.69, 9.17) is 0 Å². The Hall–Kier alpha value is -0.434. The van der Waals surface area contributed by atoms with Crippen LogP contribution in [-0.2, 0) is 17.1 Å². The van der Waals surface area contributed by atoms with Gasteiger partial charge in [0.05, 0.1) is 8.07 Å². The minimum atomic E-state index is -1.46. The van der Waals surface area contributed by atoms with Gasteiger partial charge in [-0.25, -0.2) is 18.7 Å². The molecule has 0 nitrogen and oxygen atoms in total. The molecule has 0 amide bonds. The Labute approximate surface area is 92.5 Å².